The minimum absolute atomic E-state index is 0.140. The number of hydrazine groups is 1. The van der Waals surface area contributed by atoms with Gasteiger partial charge in [-0.1, -0.05) is 6.07 Å². The summed E-state index contributed by atoms with van der Waals surface area (Å²) in [7, 11) is 1.57. The highest BCUT2D eigenvalue weighted by Gasteiger charge is 2.35. The van der Waals surface area contributed by atoms with Crippen LogP contribution in [-0.4, -0.2) is 26.2 Å². The molecule has 0 radical (unpaired) electrons. The van der Waals surface area contributed by atoms with Crippen molar-refractivity contribution in [1.29, 1.82) is 0 Å². The van der Waals surface area contributed by atoms with Crippen molar-refractivity contribution in [2.24, 2.45) is 5.84 Å². The summed E-state index contributed by atoms with van der Waals surface area (Å²) in [6.45, 7) is 0.914. The lowest BCUT2D eigenvalue weighted by Crippen LogP contribution is -2.27. The van der Waals surface area contributed by atoms with E-state index < -0.39 is 23.3 Å². The van der Waals surface area contributed by atoms with Crippen LogP contribution in [0, 0.1) is 0 Å². The molecule has 8 heteroatoms. The normalized spacial score (nSPS) is 11.3. The standard InChI is InChI=1S/C13H18F3N3O2/c1-21-8-3-2-7-18-12(20)9-5-4-6-10(11(9)19-17)13(14,15)16/h4-6,19H,2-3,7-8,17H2,1H3,(H,18,20). The number of nitrogens with two attached hydrogens (primary N) is 1. The fourth-order valence-electron chi connectivity index (χ4n) is 1.80. The van der Waals surface area contributed by atoms with Crippen LogP contribution in [0.3, 0.4) is 0 Å². The Morgan fingerprint density at radius 1 is 1.33 bits per heavy atom. The summed E-state index contributed by atoms with van der Waals surface area (Å²) in [5.74, 6) is 4.53. The molecule has 1 aromatic carbocycles. The predicted octanol–water partition coefficient (Wildman–Crippen LogP) is 2.15. The van der Waals surface area contributed by atoms with Gasteiger partial charge in [-0.05, 0) is 25.0 Å². The SMILES string of the molecule is COCCCCNC(=O)c1cccc(C(F)(F)F)c1NN. The van der Waals surface area contributed by atoms with Gasteiger partial charge in [0.15, 0.2) is 0 Å². The Hall–Kier alpha value is -1.80. The zero-order valence-electron chi connectivity index (χ0n) is 11.6. The number of hydrogen-bond acceptors (Lipinski definition) is 4. The zero-order chi connectivity index (χ0) is 15.9. The average Bonchev–Trinajstić information content (AvgIpc) is 2.45. The molecule has 4 N–H and O–H groups in total. The Morgan fingerprint density at radius 3 is 2.62 bits per heavy atom. The summed E-state index contributed by atoms with van der Waals surface area (Å²) in [6.07, 6.45) is -3.16. The van der Waals surface area contributed by atoms with Gasteiger partial charge in [0.25, 0.3) is 5.91 Å². The van der Waals surface area contributed by atoms with Gasteiger partial charge in [0.1, 0.15) is 0 Å². The Bertz CT molecular complexity index is 478. The van der Waals surface area contributed by atoms with E-state index in [1.807, 2.05) is 5.43 Å². The Kier molecular flexibility index (Phi) is 6.44. The summed E-state index contributed by atoms with van der Waals surface area (Å²) in [5, 5.41) is 2.55. The maximum Gasteiger partial charge on any atom is 0.418 e. The van der Waals surface area contributed by atoms with E-state index in [1.165, 1.54) is 12.1 Å². The zero-order valence-corrected chi connectivity index (χ0v) is 11.6. The number of carbonyl (C=O) groups is 1. The number of rotatable bonds is 7. The van der Waals surface area contributed by atoms with Crippen LogP contribution in [-0.2, 0) is 10.9 Å². The number of halogens is 3. The van der Waals surface area contributed by atoms with Crippen LogP contribution in [0.2, 0.25) is 0 Å². The van der Waals surface area contributed by atoms with Crippen molar-refractivity contribution in [2.45, 2.75) is 19.0 Å². The summed E-state index contributed by atoms with van der Waals surface area (Å²) in [4.78, 5) is 11.9. The molecule has 0 aliphatic heterocycles. The number of ether oxygens (including phenoxy) is 1. The molecule has 0 saturated carbocycles. The monoisotopic (exact) mass is 305 g/mol. The number of nitrogen functional groups attached to an aromatic ring is 1. The topological polar surface area (TPSA) is 76.4 Å². The number of benzene rings is 1. The molecule has 0 fully saturated rings. The van der Waals surface area contributed by atoms with Crippen LogP contribution in [0.5, 0.6) is 0 Å². The van der Waals surface area contributed by atoms with E-state index in [0.29, 0.717) is 19.6 Å². The fraction of sp³-hybridized carbons (Fsp3) is 0.462. The highest BCUT2D eigenvalue weighted by molar-refractivity contribution is 6.00. The van der Waals surface area contributed by atoms with E-state index in [1.54, 1.807) is 7.11 Å². The van der Waals surface area contributed by atoms with Crippen LogP contribution >= 0.6 is 0 Å². The highest BCUT2D eigenvalue weighted by atomic mass is 19.4. The van der Waals surface area contributed by atoms with E-state index in [-0.39, 0.29) is 5.56 Å². The van der Waals surface area contributed by atoms with Crippen LogP contribution in [0.25, 0.3) is 0 Å². The van der Waals surface area contributed by atoms with Crippen molar-refractivity contribution in [1.82, 2.24) is 5.32 Å². The number of unbranched alkanes of at least 4 members (excludes halogenated alkanes) is 1. The summed E-state index contributed by atoms with van der Waals surface area (Å²) in [5.41, 5.74) is 0.416. The molecular weight excluding hydrogens is 287 g/mol. The van der Waals surface area contributed by atoms with Gasteiger partial charge in [-0.2, -0.15) is 13.2 Å². The van der Waals surface area contributed by atoms with E-state index in [0.717, 1.165) is 12.5 Å². The molecular formula is C13H18F3N3O2. The Balaban J connectivity index is 2.80. The predicted molar refractivity (Wildman–Crippen MR) is 72.7 cm³/mol. The van der Waals surface area contributed by atoms with E-state index in [2.05, 4.69) is 5.32 Å². The molecule has 5 nitrogen and oxygen atoms in total. The number of alkyl halides is 3. The maximum absolute atomic E-state index is 12.8. The average molecular weight is 305 g/mol. The number of methoxy groups -OCH3 is 1. The van der Waals surface area contributed by atoms with Crippen molar-refractivity contribution in [3.05, 3.63) is 29.3 Å². The van der Waals surface area contributed by atoms with Crippen LogP contribution in [0.1, 0.15) is 28.8 Å². The molecule has 1 rings (SSSR count). The largest absolute Gasteiger partial charge is 0.418 e. The van der Waals surface area contributed by atoms with Crippen molar-refractivity contribution >= 4 is 11.6 Å². The van der Waals surface area contributed by atoms with Gasteiger partial charge < -0.3 is 15.5 Å². The molecule has 0 saturated heterocycles. The van der Waals surface area contributed by atoms with E-state index in [4.69, 9.17) is 10.6 Å². The Labute approximate surface area is 120 Å². The lowest BCUT2D eigenvalue weighted by molar-refractivity contribution is -0.137. The van der Waals surface area contributed by atoms with Crippen molar-refractivity contribution in [3.8, 4) is 0 Å². The number of anilines is 1. The molecule has 0 aliphatic rings. The number of hydrogen-bond donors (Lipinski definition) is 3. The van der Waals surface area contributed by atoms with Gasteiger partial charge in [-0.25, -0.2) is 0 Å². The van der Waals surface area contributed by atoms with Crippen LogP contribution in [0.4, 0.5) is 18.9 Å². The van der Waals surface area contributed by atoms with Gasteiger partial charge in [0.2, 0.25) is 0 Å². The quantitative estimate of drug-likeness (QED) is 0.410. The molecule has 1 aromatic rings. The second-order valence-corrected chi connectivity index (χ2v) is 4.33. The van der Waals surface area contributed by atoms with Gasteiger partial charge in [0, 0.05) is 20.3 Å². The molecule has 21 heavy (non-hydrogen) atoms. The summed E-state index contributed by atoms with van der Waals surface area (Å²) >= 11 is 0. The first-order valence-electron chi connectivity index (χ1n) is 6.35. The molecule has 0 aromatic heterocycles. The first kappa shape index (κ1) is 17.3. The lowest BCUT2D eigenvalue weighted by Gasteiger charge is -2.16. The van der Waals surface area contributed by atoms with E-state index in [9.17, 15) is 18.0 Å². The number of amides is 1. The Morgan fingerprint density at radius 2 is 2.05 bits per heavy atom. The minimum atomic E-state index is -4.59. The van der Waals surface area contributed by atoms with Crippen molar-refractivity contribution in [3.63, 3.8) is 0 Å². The van der Waals surface area contributed by atoms with Gasteiger partial charge in [-0.15, -0.1) is 0 Å². The molecule has 118 valence electrons. The maximum atomic E-state index is 12.8. The molecule has 0 unspecified atom stereocenters. The van der Waals surface area contributed by atoms with Crippen LogP contribution < -0.4 is 16.6 Å². The highest BCUT2D eigenvalue weighted by Crippen LogP contribution is 2.36. The van der Waals surface area contributed by atoms with Gasteiger partial charge in [-0.3, -0.25) is 10.6 Å². The first-order valence-corrected chi connectivity index (χ1v) is 6.35. The van der Waals surface area contributed by atoms with Crippen LogP contribution in [0.15, 0.2) is 18.2 Å². The van der Waals surface area contributed by atoms with Gasteiger partial charge >= 0.3 is 6.18 Å². The fourth-order valence-corrected chi connectivity index (χ4v) is 1.80. The third kappa shape index (κ3) is 4.91. The molecule has 0 aliphatic carbocycles. The number of nitrogens with one attached hydrogen (secondary N) is 2. The lowest BCUT2D eigenvalue weighted by atomic mass is 10.1. The molecule has 0 spiro atoms. The van der Waals surface area contributed by atoms with Gasteiger partial charge in [0.05, 0.1) is 16.8 Å². The van der Waals surface area contributed by atoms with Crippen molar-refractivity contribution < 1.29 is 22.7 Å². The second kappa shape index (κ2) is 7.84. The summed E-state index contributed by atoms with van der Waals surface area (Å²) < 4.78 is 43.3. The number of carbonyl (C=O) groups excluding carboxylic acids is 1. The first-order chi connectivity index (χ1) is 9.91. The molecule has 1 amide bonds. The molecule has 0 bridgehead atoms. The summed E-state index contributed by atoms with van der Waals surface area (Å²) in [6, 6.07) is 3.32. The third-order valence-electron chi connectivity index (χ3n) is 2.82. The molecule has 0 heterocycles. The number of para-hydroxylation sites is 1. The second-order valence-electron chi connectivity index (χ2n) is 4.33. The minimum Gasteiger partial charge on any atom is -0.385 e. The molecule has 0 atom stereocenters. The van der Waals surface area contributed by atoms with E-state index >= 15 is 0 Å². The van der Waals surface area contributed by atoms with Crippen molar-refractivity contribution in [2.75, 3.05) is 25.7 Å². The smallest absolute Gasteiger partial charge is 0.385 e. The third-order valence-corrected chi connectivity index (χ3v) is 2.82.